The first-order valence-corrected chi connectivity index (χ1v) is 3.38. The quantitative estimate of drug-likeness (QED) is 0.615. The number of benzene rings is 1. The van der Waals surface area contributed by atoms with Gasteiger partial charge in [0.2, 0.25) is 0 Å². The number of hydrogen-bond acceptors (Lipinski definition) is 2. The van der Waals surface area contributed by atoms with Crippen LogP contribution in [0.4, 0.5) is 0 Å². The van der Waals surface area contributed by atoms with Gasteiger partial charge in [-0.1, -0.05) is 0 Å². The minimum atomic E-state index is 0.871. The molecule has 2 nitrogen and oxygen atoms in total. The van der Waals surface area contributed by atoms with E-state index in [9.17, 15) is 0 Å². The van der Waals surface area contributed by atoms with Crippen molar-refractivity contribution in [2.45, 2.75) is 0 Å². The average molecular weight is 145 g/mol. The van der Waals surface area contributed by atoms with Gasteiger partial charge in [-0.3, -0.25) is 0 Å². The summed E-state index contributed by atoms with van der Waals surface area (Å²) in [5.74, 6) is 0. The third-order valence-corrected chi connectivity index (χ3v) is 1.64. The molecule has 0 radical (unpaired) electrons. The van der Waals surface area contributed by atoms with Gasteiger partial charge in [0.1, 0.15) is 5.58 Å². The molecule has 0 atom stereocenters. The fraction of sp³-hybridized carbons (Fsp3) is 0. The van der Waals surface area contributed by atoms with Gasteiger partial charge in [0.15, 0.2) is 0 Å². The first-order chi connectivity index (χ1) is 5.40. The summed E-state index contributed by atoms with van der Waals surface area (Å²) in [5, 5.41) is 8.06. The third-order valence-electron chi connectivity index (χ3n) is 1.64. The lowest BCUT2D eigenvalue weighted by atomic mass is 10.2. The fourth-order valence-corrected chi connectivity index (χ4v) is 1.07. The molecule has 0 fully saturated rings. The molecule has 0 saturated heterocycles. The monoisotopic (exact) mass is 145 g/mol. The highest BCUT2D eigenvalue weighted by molar-refractivity contribution is 5.86. The van der Waals surface area contributed by atoms with Crippen LogP contribution in [0.2, 0.25) is 0 Å². The Morgan fingerprint density at radius 2 is 2.18 bits per heavy atom. The predicted octanol–water partition coefficient (Wildman–Crippen LogP) is 2.43. The molecule has 0 aliphatic heterocycles. The summed E-state index contributed by atoms with van der Waals surface area (Å²) >= 11 is 0. The average Bonchev–Trinajstić information content (AvgIpc) is 2.50. The molecule has 0 aliphatic carbocycles. The molecule has 1 N–H and O–H groups in total. The molecule has 0 saturated carbocycles. The second-order valence-corrected chi connectivity index (χ2v) is 2.36. The highest BCUT2D eigenvalue weighted by Gasteiger charge is 1.95. The van der Waals surface area contributed by atoms with Crippen LogP contribution in [0.15, 0.2) is 34.9 Å². The van der Waals surface area contributed by atoms with Crippen molar-refractivity contribution in [3.05, 3.63) is 36.1 Å². The van der Waals surface area contributed by atoms with Gasteiger partial charge in [-0.2, -0.15) is 0 Å². The van der Waals surface area contributed by atoms with E-state index in [0.29, 0.717) is 0 Å². The molecule has 1 aromatic heterocycles. The van der Waals surface area contributed by atoms with Crippen molar-refractivity contribution in [3.8, 4) is 0 Å². The fourth-order valence-electron chi connectivity index (χ4n) is 1.07. The summed E-state index contributed by atoms with van der Waals surface area (Å²) in [7, 11) is 0. The van der Waals surface area contributed by atoms with Crippen LogP contribution in [0.1, 0.15) is 5.56 Å². The Hall–Kier alpha value is -1.57. The molecule has 0 aliphatic rings. The van der Waals surface area contributed by atoms with E-state index < -0.39 is 0 Å². The Morgan fingerprint density at radius 3 is 3.00 bits per heavy atom. The van der Waals surface area contributed by atoms with Gasteiger partial charge in [-0.25, -0.2) is 0 Å². The van der Waals surface area contributed by atoms with Gasteiger partial charge in [-0.15, -0.1) is 0 Å². The topological polar surface area (TPSA) is 37.0 Å². The number of fused-ring (bicyclic) bond motifs is 1. The summed E-state index contributed by atoms with van der Waals surface area (Å²) in [5.41, 5.74) is 1.77. The lowest BCUT2D eigenvalue weighted by molar-refractivity contribution is 0.616. The molecule has 0 spiro atoms. The number of rotatable bonds is 1. The summed E-state index contributed by atoms with van der Waals surface area (Å²) in [4.78, 5) is 0. The Labute approximate surface area is 64.0 Å². The van der Waals surface area contributed by atoms with Crippen molar-refractivity contribution >= 4 is 17.2 Å². The normalized spacial score (nSPS) is 10.2. The standard InChI is InChI=1S/C9H7NO/c10-6-7-1-2-9-8(5-7)3-4-11-9/h1-6,10H. The highest BCUT2D eigenvalue weighted by atomic mass is 16.3. The Bertz CT molecular complexity index is 389. The molecule has 1 aromatic carbocycles. The van der Waals surface area contributed by atoms with Gasteiger partial charge in [0, 0.05) is 11.6 Å². The largest absolute Gasteiger partial charge is 0.464 e. The molecule has 2 heteroatoms. The Kier molecular flexibility index (Phi) is 1.25. The van der Waals surface area contributed by atoms with E-state index in [2.05, 4.69) is 0 Å². The number of furan rings is 1. The van der Waals surface area contributed by atoms with Crippen molar-refractivity contribution in [1.29, 1.82) is 5.41 Å². The van der Waals surface area contributed by atoms with Gasteiger partial charge < -0.3 is 9.83 Å². The van der Waals surface area contributed by atoms with Crippen LogP contribution in [0.3, 0.4) is 0 Å². The second kappa shape index (κ2) is 2.23. The summed E-state index contributed by atoms with van der Waals surface area (Å²) in [6.07, 6.45) is 2.98. The molecular weight excluding hydrogens is 138 g/mol. The van der Waals surface area contributed by atoms with Crippen molar-refractivity contribution in [2.24, 2.45) is 0 Å². The van der Waals surface area contributed by atoms with E-state index in [0.717, 1.165) is 16.5 Å². The molecule has 2 aromatic rings. The Morgan fingerprint density at radius 1 is 1.27 bits per heavy atom. The molecule has 0 unspecified atom stereocenters. The molecule has 11 heavy (non-hydrogen) atoms. The van der Waals surface area contributed by atoms with E-state index in [4.69, 9.17) is 9.83 Å². The lowest BCUT2D eigenvalue weighted by Gasteiger charge is -1.89. The van der Waals surface area contributed by atoms with Crippen LogP contribution in [0.25, 0.3) is 11.0 Å². The first-order valence-electron chi connectivity index (χ1n) is 3.38. The van der Waals surface area contributed by atoms with Crippen LogP contribution in [0.5, 0.6) is 0 Å². The van der Waals surface area contributed by atoms with Crippen molar-refractivity contribution < 1.29 is 4.42 Å². The summed E-state index contributed by atoms with van der Waals surface area (Å²) in [6, 6.07) is 7.54. The molecule has 2 rings (SSSR count). The van der Waals surface area contributed by atoms with E-state index in [-0.39, 0.29) is 0 Å². The zero-order valence-electron chi connectivity index (χ0n) is 5.87. The maximum Gasteiger partial charge on any atom is 0.133 e. The molecule has 1 heterocycles. The number of nitrogens with one attached hydrogen (secondary N) is 1. The molecular formula is C9H7NO. The lowest BCUT2D eigenvalue weighted by Crippen LogP contribution is -1.75. The highest BCUT2D eigenvalue weighted by Crippen LogP contribution is 2.15. The second-order valence-electron chi connectivity index (χ2n) is 2.36. The van der Waals surface area contributed by atoms with E-state index in [1.165, 1.54) is 6.21 Å². The maximum atomic E-state index is 7.02. The van der Waals surface area contributed by atoms with E-state index in [1.54, 1.807) is 6.26 Å². The Balaban J connectivity index is 2.76. The van der Waals surface area contributed by atoms with Crippen molar-refractivity contribution in [3.63, 3.8) is 0 Å². The first kappa shape index (κ1) is 6.16. The van der Waals surface area contributed by atoms with Crippen LogP contribution >= 0.6 is 0 Å². The molecule has 54 valence electrons. The predicted molar refractivity (Wildman–Crippen MR) is 44.1 cm³/mol. The zero-order chi connectivity index (χ0) is 7.68. The SMILES string of the molecule is N=Cc1ccc2occc2c1. The summed E-state index contributed by atoms with van der Waals surface area (Å²) in [6.45, 7) is 0. The van der Waals surface area contributed by atoms with E-state index in [1.807, 2.05) is 24.3 Å². The van der Waals surface area contributed by atoms with Gasteiger partial charge in [0.05, 0.1) is 6.26 Å². The number of hydrogen-bond donors (Lipinski definition) is 1. The van der Waals surface area contributed by atoms with Crippen LogP contribution < -0.4 is 0 Å². The third kappa shape index (κ3) is 0.923. The summed E-state index contributed by atoms with van der Waals surface area (Å²) < 4.78 is 5.14. The molecule has 0 bridgehead atoms. The minimum absolute atomic E-state index is 0.871. The van der Waals surface area contributed by atoms with Gasteiger partial charge in [-0.05, 0) is 29.8 Å². The maximum absolute atomic E-state index is 7.02. The minimum Gasteiger partial charge on any atom is -0.464 e. The van der Waals surface area contributed by atoms with E-state index >= 15 is 0 Å². The zero-order valence-corrected chi connectivity index (χ0v) is 5.87. The van der Waals surface area contributed by atoms with Gasteiger partial charge >= 0.3 is 0 Å². The van der Waals surface area contributed by atoms with Crippen molar-refractivity contribution in [2.75, 3.05) is 0 Å². The van der Waals surface area contributed by atoms with Gasteiger partial charge in [0.25, 0.3) is 0 Å². The smallest absolute Gasteiger partial charge is 0.133 e. The molecule has 0 amide bonds. The van der Waals surface area contributed by atoms with Crippen LogP contribution in [-0.4, -0.2) is 6.21 Å². The van der Waals surface area contributed by atoms with Crippen molar-refractivity contribution in [1.82, 2.24) is 0 Å². The van der Waals surface area contributed by atoms with Crippen LogP contribution in [-0.2, 0) is 0 Å². The van der Waals surface area contributed by atoms with Crippen LogP contribution in [0, 0.1) is 5.41 Å².